The molecule has 0 saturated carbocycles. The molecule has 0 aliphatic rings. The summed E-state index contributed by atoms with van der Waals surface area (Å²) in [6.07, 6.45) is 2.85. The standard InChI is InChI=1S/C11H14N2S2/c1-8-3-5-15-11(8)9(12-2)7-10-13-4-6-14-10/h3-6,9,12H,7H2,1-2H3. The summed E-state index contributed by atoms with van der Waals surface area (Å²) in [5.74, 6) is 0. The molecule has 0 radical (unpaired) electrons. The Morgan fingerprint density at radius 2 is 2.27 bits per heavy atom. The molecule has 2 rings (SSSR count). The first-order chi connectivity index (χ1) is 7.31. The van der Waals surface area contributed by atoms with E-state index in [1.165, 1.54) is 15.4 Å². The molecule has 4 heteroatoms. The van der Waals surface area contributed by atoms with Crippen LogP contribution < -0.4 is 5.32 Å². The Morgan fingerprint density at radius 1 is 1.40 bits per heavy atom. The van der Waals surface area contributed by atoms with Crippen LogP contribution in [0.25, 0.3) is 0 Å². The summed E-state index contributed by atoms with van der Waals surface area (Å²) >= 11 is 3.54. The van der Waals surface area contributed by atoms with Gasteiger partial charge in [0.15, 0.2) is 0 Å². The summed E-state index contributed by atoms with van der Waals surface area (Å²) < 4.78 is 0. The molecule has 1 unspecified atom stereocenters. The van der Waals surface area contributed by atoms with Gasteiger partial charge < -0.3 is 5.32 Å². The van der Waals surface area contributed by atoms with Crippen molar-refractivity contribution in [2.75, 3.05) is 7.05 Å². The summed E-state index contributed by atoms with van der Waals surface area (Å²) in [4.78, 5) is 5.75. The van der Waals surface area contributed by atoms with Gasteiger partial charge in [-0.3, -0.25) is 0 Å². The molecule has 80 valence electrons. The first-order valence-electron chi connectivity index (χ1n) is 4.91. The molecule has 15 heavy (non-hydrogen) atoms. The van der Waals surface area contributed by atoms with E-state index in [4.69, 9.17) is 0 Å². The van der Waals surface area contributed by atoms with Crippen molar-refractivity contribution < 1.29 is 0 Å². The lowest BCUT2D eigenvalue weighted by atomic mass is 10.1. The van der Waals surface area contributed by atoms with Crippen LogP contribution in [-0.4, -0.2) is 12.0 Å². The Morgan fingerprint density at radius 3 is 2.80 bits per heavy atom. The van der Waals surface area contributed by atoms with E-state index in [9.17, 15) is 0 Å². The molecular formula is C11H14N2S2. The summed E-state index contributed by atoms with van der Waals surface area (Å²) in [7, 11) is 2.01. The third-order valence-electron chi connectivity index (χ3n) is 2.43. The van der Waals surface area contributed by atoms with Crippen LogP contribution in [0.3, 0.4) is 0 Å². The highest BCUT2D eigenvalue weighted by Gasteiger charge is 2.14. The molecule has 1 atom stereocenters. The number of hydrogen-bond acceptors (Lipinski definition) is 4. The van der Waals surface area contributed by atoms with E-state index in [2.05, 4.69) is 28.7 Å². The Kier molecular flexibility index (Phi) is 3.51. The third-order valence-corrected chi connectivity index (χ3v) is 4.36. The second-order valence-electron chi connectivity index (χ2n) is 3.44. The van der Waals surface area contributed by atoms with Gasteiger partial charge in [0, 0.05) is 28.9 Å². The fraction of sp³-hybridized carbons (Fsp3) is 0.364. The highest BCUT2D eigenvalue weighted by atomic mass is 32.1. The molecule has 0 aliphatic carbocycles. The first kappa shape index (κ1) is 10.8. The van der Waals surface area contributed by atoms with E-state index in [1.807, 2.05) is 30.0 Å². The number of thiazole rings is 1. The zero-order chi connectivity index (χ0) is 10.7. The molecule has 2 aromatic rings. The van der Waals surface area contributed by atoms with E-state index < -0.39 is 0 Å². The van der Waals surface area contributed by atoms with E-state index >= 15 is 0 Å². The number of aromatic nitrogens is 1. The van der Waals surface area contributed by atoms with Crippen molar-refractivity contribution in [1.82, 2.24) is 10.3 Å². The van der Waals surface area contributed by atoms with Gasteiger partial charge in [0.2, 0.25) is 0 Å². The lowest BCUT2D eigenvalue weighted by Gasteiger charge is -2.14. The van der Waals surface area contributed by atoms with E-state index in [1.54, 1.807) is 11.3 Å². The van der Waals surface area contributed by atoms with Crippen LogP contribution in [-0.2, 0) is 6.42 Å². The SMILES string of the molecule is CNC(Cc1nccs1)c1sccc1C. The maximum atomic E-state index is 4.33. The van der Waals surface area contributed by atoms with Gasteiger partial charge in [0.1, 0.15) is 0 Å². The second-order valence-corrected chi connectivity index (χ2v) is 5.37. The zero-order valence-electron chi connectivity index (χ0n) is 8.86. The summed E-state index contributed by atoms with van der Waals surface area (Å²) in [6, 6.07) is 2.57. The number of thiophene rings is 1. The predicted octanol–water partition coefficient (Wildman–Crippen LogP) is 3.02. The van der Waals surface area contributed by atoms with Gasteiger partial charge >= 0.3 is 0 Å². The predicted molar refractivity (Wildman–Crippen MR) is 66.7 cm³/mol. The van der Waals surface area contributed by atoms with Crippen LogP contribution in [0.5, 0.6) is 0 Å². The smallest absolute Gasteiger partial charge is 0.0944 e. The van der Waals surface area contributed by atoms with Gasteiger partial charge in [-0.1, -0.05) is 0 Å². The quantitative estimate of drug-likeness (QED) is 0.885. The fourth-order valence-electron chi connectivity index (χ4n) is 1.60. The molecule has 0 aromatic carbocycles. The minimum absolute atomic E-state index is 0.399. The number of nitrogens with zero attached hydrogens (tertiary/aromatic N) is 1. The van der Waals surface area contributed by atoms with Crippen molar-refractivity contribution >= 4 is 22.7 Å². The molecule has 0 bridgehead atoms. The van der Waals surface area contributed by atoms with Crippen LogP contribution in [0.4, 0.5) is 0 Å². The molecule has 0 saturated heterocycles. The fourth-order valence-corrected chi connectivity index (χ4v) is 3.30. The van der Waals surface area contributed by atoms with Gasteiger partial charge in [-0.2, -0.15) is 0 Å². The zero-order valence-corrected chi connectivity index (χ0v) is 10.5. The van der Waals surface area contributed by atoms with E-state index in [-0.39, 0.29) is 0 Å². The maximum Gasteiger partial charge on any atom is 0.0944 e. The first-order valence-corrected chi connectivity index (χ1v) is 6.67. The van der Waals surface area contributed by atoms with Gasteiger partial charge in [0.05, 0.1) is 5.01 Å². The maximum absolute atomic E-state index is 4.33. The summed E-state index contributed by atoms with van der Waals surface area (Å²) in [5.41, 5.74) is 1.37. The Labute approximate surface area is 98.0 Å². The van der Waals surface area contributed by atoms with Crippen molar-refractivity contribution in [2.24, 2.45) is 0 Å². The highest BCUT2D eigenvalue weighted by Crippen LogP contribution is 2.26. The minimum Gasteiger partial charge on any atom is -0.312 e. The third kappa shape index (κ3) is 2.45. The van der Waals surface area contributed by atoms with Gasteiger partial charge in [-0.25, -0.2) is 4.98 Å². The Bertz CT molecular complexity index is 406. The van der Waals surface area contributed by atoms with E-state index in [0.29, 0.717) is 6.04 Å². The van der Waals surface area contributed by atoms with Gasteiger partial charge in [0.25, 0.3) is 0 Å². The second kappa shape index (κ2) is 4.88. The Balaban J connectivity index is 2.15. The lowest BCUT2D eigenvalue weighted by molar-refractivity contribution is 0.598. The van der Waals surface area contributed by atoms with Crippen LogP contribution in [0.1, 0.15) is 21.5 Å². The molecule has 2 nitrogen and oxygen atoms in total. The monoisotopic (exact) mass is 238 g/mol. The van der Waals surface area contributed by atoms with Crippen LogP contribution >= 0.6 is 22.7 Å². The van der Waals surface area contributed by atoms with Gasteiger partial charge in [-0.15, -0.1) is 22.7 Å². The Hall–Kier alpha value is -0.710. The normalized spacial score (nSPS) is 12.9. The number of hydrogen-bond donors (Lipinski definition) is 1. The number of rotatable bonds is 4. The minimum atomic E-state index is 0.399. The van der Waals surface area contributed by atoms with Crippen molar-refractivity contribution in [2.45, 2.75) is 19.4 Å². The molecule has 0 fully saturated rings. The largest absolute Gasteiger partial charge is 0.312 e. The summed E-state index contributed by atoms with van der Waals surface area (Å²) in [5, 5.41) is 8.74. The molecule has 0 spiro atoms. The van der Waals surface area contributed by atoms with Crippen molar-refractivity contribution in [1.29, 1.82) is 0 Å². The number of nitrogens with one attached hydrogen (secondary N) is 1. The topological polar surface area (TPSA) is 24.9 Å². The van der Waals surface area contributed by atoms with Crippen LogP contribution in [0, 0.1) is 6.92 Å². The highest BCUT2D eigenvalue weighted by molar-refractivity contribution is 7.10. The molecule has 0 amide bonds. The average Bonchev–Trinajstić information content (AvgIpc) is 2.85. The molecule has 2 aromatic heterocycles. The van der Waals surface area contributed by atoms with E-state index in [0.717, 1.165) is 6.42 Å². The van der Waals surface area contributed by atoms with Gasteiger partial charge in [-0.05, 0) is 31.0 Å². The van der Waals surface area contributed by atoms with Crippen molar-refractivity contribution in [3.05, 3.63) is 38.5 Å². The van der Waals surface area contributed by atoms with Crippen LogP contribution in [0.15, 0.2) is 23.0 Å². The van der Waals surface area contributed by atoms with Crippen molar-refractivity contribution in [3.8, 4) is 0 Å². The number of aryl methyl sites for hydroxylation is 1. The molecule has 2 heterocycles. The molecular weight excluding hydrogens is 224 g/mol. The molecule has 0 aliphatic heterocycles. The molecule has 1 N–H and O–H groups in total. The number of likely N-dealkylation sites (N-methyl/N-ethyl adjacent to an activating group) is 1. The van der Waals surface area contributed by atoms with Crippen LogP contribution in [0.2, 0.25) is 0 Å². The lowest BCUT2D eigenvalue weighted by Crippen LogP contribution is -2.18. The average molecular weight is 238 g/mol. The van der Waals surface area contributed by atoms with Crippen molar-refractivity contribution in [3.63, 3.8) is 0 Å². The summed E-state index contributed by atoms with van der Waals surface area (Å²) in [6.45, 7) is 2.16.